The smallest absolute Gasteiger partial charge is 0.281 e. The van der Waals surface area contributed by atoms with Crippen LogP contribution >= 0.6 is 0 Å². The van der Waals surface area contributed by atoms with Gasteiger partial charge in [0.1, 0.15) is 11.5 Å². The molecule has 28 heavy (non-hydrogen) atoms. The SMILES string of the molecule is Cc1cc(-c2[nH]c(NC(=O)c3cc(CN)cnc3C(F)F)nc2C)ccc1F. The van der Waals surface area contributed by atoms with E-state index in [0.717, 1.165) is 0 Å². The summed E-state index contributed by atoms with van der Waals surface area (Å²) in [6, 6.07) is 5.84. The summed E-state index contributed by atoms with van der Waals surface area (Å²) >= 11 is 0. The molecule has 0 aliphatic heterocycles. The lowest BCUT2D eigenvalue weighted by Gasteiger charge is -2.09. The normalized spacial score (nSPS) is 11.1. The van der Waals surface area contributed by atoms with Gasteiger partial charge >= 0.3 is 0 Å². The summed E-state index contributed by atoms with van der Waals surface area (Å²) in [7, 11) is 0. The molecule has 1 amide bonds. The number of hydrogen-bond acceptors (Lipinski definition) is 4. The molecule has 0 bridgehead atoms. The summed E-state index contributed by atoms with van der Waals surface area (Å²) < 4.78 is 39.9. The summed E-state index contributed by atoms with van der Waals surface area (Å²) in [5.74, 6) is -1.03. The van der Waals surface area contributed by atoms with E-state index in [1.807, 2.05) is 0 Å². The monoisotopic (exact) mass is 389 g/mol. The number of nitrogens with two attached hydrogens (primary N) is 1. The van der Waals surface area contributed by atoms with Crippen LogP contribution in [0.3, 0.4) is 0 Å². The molecule has 146 valence electrons. The highest BCUT2D eigenvalue weighted by molar-refractivity contribution is 6.04. The zero-order valence-electron chi connectivity index (χ0n) is 15.2. The Morgan fingerprint density at radius 1 is 1.29 bits per heavy atom. The van der Waals surface area contributed by atoms with Gasteiger partial charge in [-0.3, -0.25) is 15.1 Å². The van der Waals surface area contributed by atoms with Gasteiger partial charge in [-0.05, 0) is 49.2 Å². The number of pyridine rings is 1. The van der Waals surface area contributed by atoms with E-state index >= 15 is 0 Å². The van der Waals surface area contributed by atoms with Gasteiger partial charge in [0.15, 0.2) is 0 Å². The van der Waals surface area contributed by atoms with Crippen LogP contribution in [-0.2, 0) is 6.54 Å². The number of carbonyl (C=O) groups is 1. The fourth-order valence-corrected chi connectivity index (χ4v) is 2.76. The van der Waals surface area contributed by atoms with Crippen LogP contribution in [0.5, 0.6) is 0 Å². The Bertz CT molecular complexity index is 1030. The molecule has 9 heteroatoms. The van der Waals surface area contributed by atoms with Crippen LogP contribution in [0.25, 0.3) is 11.3 Å². The number of carbonyl (C=O) groups excluding carboxylic acids is 1. The second-order valence-corrected chi connectivity index (χ2v) is 6.25. The molecule has 0 atom stereocenters. The first kappa shape index (κ1) is 19.6. The first-order chi connectivity index (χ1) is 13.3. The average Bonchev–Trinajstić information content (AvgIpc) is 3.03. The van der Waals surface area contributed by atoms with Crippen LogP contribution in [-0.4, -0.2) is 20.9 Å². The van der Waals surface area contributed by atoms with Crippen molar-refractivity contribution in [2.24, 2.45) is 5.73 Å². The topological polar surface area (TPSA) is 96.7 Å². The van der Waals surface area contributed by atoms with Gasteiger partial charge in [-0.1, -0.05) is 0 Å². The van der Waals surface area contributed by atoms with Gasteiger partial charge in [0.2, 0.25) is 5.95 Å². The molecule has 1 aromatic carbocycles. The number of anilines is 1. The number of imidazole rings is 1. The van der Waals surface area contributed by atoms with Gasteiger partial charge in [0.25, 0.3) is 12.3 Å². The van der Waals surface area contributed by atoms with Crippen LogP contribution in [0.15, 0.2) is 30.5 Å². The summed E-state index contributed by atoms with van der Waals surface area (Å²) in [5, 5.41) is 2.47. The van der Waals surface area contributed by atoms with Crippen molar-refractivity contribution in [1.82, 2.24) is 15.0 Å². The average molecular weight is 389 g/mol. The third-order valence-electron chi connectivity index (χ3n) is 4.23. The Balaban J connectivity index is 1.91. The Kier molecular flexibility index (Phi) is 5.46. The lowest BCUT2D eigenvalue weighted by molar-refractivity contribution is 0.100. The number of nitrogens with zero attached hydrogens (tertiary/aromatic N) is 2. The number of alkyl halides is 2. The third kappa shape index (κ3) is 3.89. The Hall–Kier alpha value is -3.20. The number of rotatable bonds is 5. The maximum absolute atomic E-state index is 13.5. The molecular weight excluding hydrogens is 371 g/mol. The molecular formula is C19H18F3N5O. The van der Waals surface area contributed by atoms with E-state index in [9.17, 15) is 18.0 Å². The van der Waals surface area contributed by atoms with Gasteiger partial charge in [0, 0.05) is 18.3 Å². The molecule has 0 unspecified atom stereocenters. The lowest BCUT2D eigenvalue weighted by Crippen LogP contribution is -2.17. The van der Waals surface area contributed by atoms with E-state index in [1.165, 1.54) is 18.3 Å². The van der Waals surface area contributed by atoms with Crippen LogP contribution in [0.4, 0.5) is 19.1 Å². The standard InChI is InChI=1S/C19H18F3N5O/c1-9-5-12(3-4-14(9)20)15-10(2)25-19(26-15)27-18(28)13-6-11(7-23)8-24-16(13)17(21)22/h3-6,8,17H,7,23H2,1-2H3,(H2,25,26,27,28). The highest BCUT2D eigenvalue weighted by Crippen LogP contribution is 2.26. The number of H-pyrrole nitrogens is 1. The van der Waals surface area contributed by atoms with E-state index in [4.69, 9.17) is 5.73 Å². The molecule has 3 aromatic rings. The molecule has 0 spiro atoms. The number of amides is 1. The lowest BCUT2D eigenvalue weighted by atomic mass is 10.1. The highest BCUT2D eigenvalue weighted by Gasteiger charge is 2.22. The van der Waals surface area contributed by atoms with Crippen molar-refractivity contribution in [1.29, 1.82) is 0 Å². The predicted octanol–water partition coefficient (Wildman–Crippen LogP) is 3.88. The molecule has 0 aliphatic rings. The fourth-order valence-electron chi connectivity index (χ4n) is 2.76. The fraction of sp³-hybridized carbons (Fsp3) is 0.211. The maximum atomic E-state index is 13.5. The van der Waals surface area contributed by atoms with Crippen molar-refractivity contribution in [3.8, 4) is 11.3 Å². The number of aromatic amines is 1. The number of aromatic nitrogens is 3. The van der Waals surface area contributed by atoms with E-state index in [2.05, 4.69) is 20.3 Å². The quantitative estimate of drug-likeness (QED) is 0.617. The molecule has 2 heterocycles. The van der Waals surface area contributed by atoms with Crippen LogP contribution in [0.2, 0.25) is 0 Å². The molecule has 0 aliphatic carbocycles. The minimum absolute atomic E-state index is 0.0602. The molecule has 0 fully saturated rings. The number of aryl methyl sites for hydroxylation is 2. The van der Waals surface area contributed by atoms with Crippen molar-refractivity contribution >= 4 is 11.9 Å². The number of nitrogens with one attached hydrogen (secondary N) is 2. The molecule has 6 nitrogen and oxygen atoms in total. The van der Waals surface area contributed by atoms with Crippen LogP contribution in [0, 0.1) is 19.7 Å². The number of benzene rings is 1. The van der Waals surface area contributed by atoms with Crippen molar-refractivity contribution in [3.05, 3.63) is 64.4 Å². The molecule has 2 aromatic heterocycles. The molecule has 0 saturated carbocycles. The summed E-state index contributed by atoms with van der Waals surface area (Å²) in [6.07, 6.45) is -1.70. The first-order valence-corrected chi connectivity index (χ1v) is 8.41. The van der Waals surface area contributed by atoms with E-state index < -0.39 is 18.0 Å². The molecule has 0 saturated heterocycles. The van der Waals surface area contributed by atoms with Crippen molar-refractivity contribution < 1.29 is 18.0 Å². The van der Waals surface area contributed by atoms with E-state index in [0.29, 0.717) is 28.1 Å². The van der Waals surface area contributed by atoms with Crippen LogP contribution in [0.1, 0.15) is 39.3 Å². The largest absolute Gasteiger partial charge is 0.326 e. The second kappa shape index (κ2) is 7.81. The van der Waals surface area contributed by atoms with Gasteiger partial charge in [-0.2, -0.15) is 0 Å². The van der Waals surface area contributed by atoms with Crippen molar-refractivity contribution in [2.75, 3.05) is 5.32 Å². The molecule has 0 radical (unpaired) electrons. The van der Waals surface area contributed by atoms with Gasteiger partial charge in [-0.15, -0.1) is 0 Å². The van der Waals surface area contributed by atoms with Crippen molar-refractivity contribution in [2.45, 2.75) is 26.8 Å². The minimum atomic E-state index is -2.91. The highest BCUT2D eigenvalue weighted by atomic mass is 19.3. The maximum Gasteiger partial charge on any atom is 0.281 e. The number of halogens is 3. The molecule has 3 rings (SSSR count). The Labute approximate surface area is 159 Å². The summed E-state index contributed by atoms with van der Waals surface area (Å²) in [6.45, 7) is 3.41. The zero-order valence-corrected chi connectivity index (χ0v) is 15.2. The minimum Gasteiger partial charge on any atom is -0.326 e. The predicted molar refractivity (Wildman–Crippen MR) is 98.5 cm³/mol. The third-order valence-corrected chi connectivity index (χ3v) is 4.23. The first-order valence-electron chi connectivity index (χ1n) is 8.41. The van der Waals surface area contributed by atoms with Crippen LogP contribution < -0.4 is 11.1 Å². The van der Waals surface area contributed by atoms with Gasteiger partial charge < -0.3 is 10.7 Å². The second-order valence-electron chi connectivity index (χ2n) is 6.25. The van der Waals surface area contributed by atoms with Gasteiger partial charge in [-0.25, -0.2) is 18.2 Å². The van der Waals surface area contributed by atoms with E-state index in [1.54, 1.807) is 26.0 Å². The summed E-state index contributed by atoms with van der Waals surface area (Å²) in [4.78, 5) is 23.3. The van der Waals surface area contributed by atoms with Gasteiger partial charge in [0.05, 0.1) is 17.0 Å². The number of hydrogen-bond donors (Lipinski definition) is 3. The van der Waals surface area contributed by atoms with Crippen molar-refractivity contribution in [3.63, 3.8) is 0 Å². The Morgan fingerprint density at radius 3 is 2.68 bits per heavy atom. The zero-order chi connectivity index (χ0) is 20.4. The summed E-state index contributed by atoms with van der Waals surface area (Å²) in [5.41, 5.74) is 7.34. The molecule has 4 N–H and O–H groups in total. The van der Waals surface area contributed by atoms with E-state index in [-0.39, 0.29) is 23.9 Å². The Morgan fingerprint density at radius 2 is 2.04 bits per heavy atom.